The van der Waals surface area contributed by atoms with Crippen molar-refractivity contribution in [2.24, 2.45) is 5.73 Å². The maximum atomic E-state index is 13.6. The summed E-state index contributed by atoms with van der Waals surface area (Å²) >= 11 is 0. The maximum absolute atomic E-state index is 13.6. The fourth-order valence-corrected chi connectivity index (χ4v) is 4.30. The van der Waals surface area contributed by atoms with Crippen LogP contribution in [0.3, 0.4) is 0 Å². The number of benzene rings is 1. The lowest BCUT2D eigenvalue weighted by atomic mass is 9.62. The zero-order valence-corrected chi connectivity index (χ0v) is 14.7. The van der Waals surface area contributed by atoms with Crippen LogP contribution in [0.25, 0.3) is 0 Å². The summed E-state index contributed by atoms with van der Waals surface area (Å²) in [6.45, 7) is 0. The Morgan fingerprint density at radius 2 is 1.60 bits per heavy atom. The number of sulfonamides is 1. The molecule has 1 aromatic rings. The van der Waals surface area contributed by atoms with E-state index in [9.17, 15) is 22.0 Å². The van der Waals surface area contributed by atoms with Gasteiger partial charge in [-0.05, 0) is 44.6 Å². The Bertz CT molecular complexity index is 802. The highest BCUT2D eigenvalue weighted by Crippen LogP contribution is 2.45. The van der Waals surface area contributed by atoms with Gasteiger partial charge in [0.05, 0.1) is 17.5 Å². The number of hydrogen-bond acceptors (Lipinski definition) is 4. The molecule has 1 amide bonds. The van der Waals surface area contributed by atoms with Crippen LogP contribution in [0.5, 0.6) is 0 Å². The molecule has 0 aliphatic heterocycles. The van der Waals surface area contributed by atoms with Gasteiger partial charge in [-0.25, -0.2) is 17.2 Å². The average Bonchev–Trinajstić information content (AvgIpc) is 2.51. The van der Waals surface area contributed by atoms with E-state index in [1.807, 2.05) is 0 Å². The predicted octanol–water partition coefficient (Wildman–Crippen LogP) is 1.87. The highest BCUT2D eigenvalue weighted by molar-refractivity contribution is 7.92. The first kappa shape index (κ1) is 18.1. The van der Waals surface area contributed by atoms with Crippen LogP contribution >= 0.6 is 0 Å². The quantitative estimate of drug-likeness (QED) is 0.750. The number of amides is 1. The Labute approximate surface area is 145 Å². The molecule has 6 nitrogen and oxygen atoms in total. The summed E-state index contributed by atoms with van der Waals surface area (Å²) in [4.78, 5) is 12.7. The van der Waals surface area contributed by atoms with Crippen molar-refractivity contribution < 1.29 is 22.0 Å². The van der Waals surface area contributed by atoms with Crippen LogP contribution in [0.15, 0.2) is 12.1 Å². The molecular weight excluding hydrogens is 352 g/mol. The average molecular weight is 373 g/mol. The molecule has 0 atom stereocenters. The third-order valence-electron chi connectivity index (χ3n) is 5.28. The predicted molar refractivity (Wildman–Crippen MR) is 89.6 cm³/mol. The van der Waals surface area contributed by atoms with E-state index in [4.69, 9.17) is 5.73 Å². The molecule has 138 valence electrons. The number of halogens is 2. The number of carbonyl (C=O) groups is 1. The number of nitrogens with two attached hydrogens (primary N) is 1. The highest BCUT2D eigenvalue weighted by atomic mass is 32.2. The van der Waals surface area contributed by atoms with Crippen molar-refractivity contribution in [3.8, 4) is 0 Å². The van der Waals surface area contributed by atoms with Gasteiger partial charge in [0.1, 0.15) is 0 Å². The second kappa shape index (κ2) is 5.91. The Morgan fingerprint density at radius 3 is 2.12 bits per heavy atom. The largest absolute Gasteiger partial charge is 0.347 e. The van der Waals surface area contributed by atoms with Gasteiger partial charge in [-0.15, -0.1) is 0 Å². The molecule has 0 spiro atoms. The highest BCUT2D eigenvalue weighted by Gasteiger charge is 2.47. The van der Waals surface area contributed by atoms with E-state index in [1.54, 1.807) is 0 Å². The minimum atomic E-state index is -3.75. The van der Waals surface area contributed by atoms with Gasteiger partial charge < -0.3 is 11.1 Å². The summed E-state index contributed by atoms with van der Waals surface area (Å²) in [6.07, 6.45) is 5.39. The number of fused-ring (bicyclic) bond motifs is 3. The van der Waals surface area contributed by atoms with Gasteiger partial charge in [-0.3, -0.25) is 9.52 Å². The Morgan fingerprint density at radius 1 is 1.08 bits per heavy atom. The summed E-state index contributed by atoms with van der Waals surface area (Å²) in [5.74, 6) is -3.07. The Kier molecular flexibility index (Phi) is 4.27. The molecule has 0 aromatic heterocycles. The summed E-state index contributed by atoms with van der Waals surface area (Å²) in [5.41, 5.74) is 5.13. The molecule has 4 rings (SSSR count). The zero-order valence-electron chi connectivity index (χ0n) is 13.9. The molecule has 1 aromatic carbocycles. The molecule has 0 radical (unpaired) electrons. The van der Waals surface area contributed by atoms with Crippen molar-refractivity contribution in [2.45, 2.75) is 49.6 Å². The number of rotatable bonds is 4. The van der Waals surface area contributed by atoms with E-state index in [2.05, 4.69) is 10.0 Å². The van der Waals surface area contributed by atoms with Gasteiger partial charge in [0.15, 0.2) is 11.6 Å². The van der Waals surface area contributed by atoms with E-state index in [-0.39, 0.29) is 16.8 Å². The first-order valence-electron chi connectivity index (χ1n) is 8.09. The molecule has 3 saturated carbocycles. The standard InChI is InChI=1S/C16H21F2N3O3S/c1-25(23,24)21-13-9-12(18)11(17)8-10(13)14(22)20-16-5-2-15(19,3-6-16)4-7-16/h8-9,21H,2-7,19H2,1H3,(H,20,22). The summed E-state index contributed by atoms with van der Waals surface area (Å²) in [5, 5.41) is 2.91. The van der Waals surface area contributed by atoms with Gasteiger partial charge in [-0.1, -0.05) is 0 Å². The van der Waals surface area contributed by atoms with E-state index in [0.29, 0.717) is 31.4 Å². The molecule has 9 heteroatoms. The van der Waals surface area contributed by atoms with Crippen LogP contribution in [0.1, 0.15) is 48.9 Å². The van der Waals surface area contributed by atoms with Crippen LogP contribution in [-0.2, 0) is 10.0 Å². The lowest BCUT2D eigenvalue weighted by molar-refractivity contribution is 0.0628. The van der Waals surface area contributed by atoms with Crippen molar-refractivity contribution in [1.29, 1.82) is 0 Å². The minimum absolute atomic E-state index is 0.169. The molecule has 4 N–H and O–H groups in total. The molecule has 0 heterocycles. The molecule has 0 unspecified atom stereocenters. The van der Waals surface area contributed by atoms with Crippen LogP contribution in [0.4, 0.5) is 14.5 Å². The van der Waals surface area contributed by atoms with Crippen LogP contribution < -0.4 is 15.8 Å². The summed E-state index contributed by atoms with van der Waals surface area (Å²) in [6, 6.07) is 1.39. The van der Waals surface area contributed by atoms with Crippen LogP contribution in [0.2, 0.25) is 0 Å². The van der Waals surface area contributed by atoms with Crippen molar-refractivity contribution >= 4 is 21.6 Å². The SMILES string of the molecule is CS(=O)(=O)Nc1cc(F)c(F)cc1C(=O)NC12CCC(N)(CC1)CC2. The normalized spacial score (nSPS) is 28.6. The molecule has 25 heavy (non-hydrogen) atoms. The van der Waals surface area contributed by atoms with Crippen molar-refractivity contribution in [2.75, 3.05) is 11.0 Å². The Hall–Kier alpha value is -1.74. The van der Waals surface area contributed by atoms with E-state index in [0.717, 1.165) is 25.5 Å². The topological polar surface area (TPSA) is 101 Å². The van der Waals surface area contributed by atoms with Gasteiger partial charge >= 0.3 is 0 Å². The van der Waals surface area contributed by atoms with Gasteiger partial charge in [0.2, 0.25) is 10.0 Å². The Balaban J connectivity index is 1.88. The van der Waals surface area contributed by atoms with Crippen molar-refractivity contribution in [3.63, 3.8) is 0 Å². The van der Waals surface area contributed by atoms with E-state index in [1.165, 1.54) is 0 Å². The number of nitrogens with one attached hydrogen (secondary N) is 2. The summed E-state index contributed by atoms with van der Waals surface area (Å²) in [7, 11) is -3.75. The first-order valence-corrected chi connectivity index (χ1v) is 9.98. The van der Waals surface area contributed by atoms with E-state index < -0.39 is 33.1 Å². The lowest BCUT2D eigenvalue weighted by Gasteiger charge is -2.52. The van der Waals surface area contributed by atoms with Crippen molar-refractivity contribution in [1.82, 2.24) is 5.32 Å². The third kappa shape index (κ3) is 3.77. The van der Waals surface area contributed by atoms with Crippen molar-refractivity contribution in [3.05, 3.63) is 29.3 Å². The monoisotopic (exact) mass is 373 g/mol. The number of anilines is 1. The van der Waals surface area contributed by atoms with Gasteiger partial charge in [0.25, 0.3) is 5.91 Å². The molecule has 3 aliphatic carbocycles. The molecule has 3 fully saturated rings. The second-order valence-electron chi connectivity index (χ2n) is 7.28. The fourth-order valence-electron chi connectivity index (χ4n) is 3.73. The lowest BCUT2D eigenvalue weighted by Crippen LogP contribution is -2.61. The number of carbonyl (C=O) groups excluding carboxylic acids is 1. The number of hydrogen-bond donors (Lipinski definition) is 3. The maximum Gasteiger partial charge on any atom is 0.253 e. The second-order valence-corrected chi connectivity index (χ2v) is 9.03. The molecule has 2 bridgehead atoms. The summed E-state index contributed by atoms with van der Waals surface area (Å²) < 4.78 is 52.1. The van der Waals surface area contributed by atoms with Gasteiger partial charge in [0, 0.05) is 17.1 Å². The smallest absolute Gasteiger partial charge is 0.253 e. The molecule has 3 aliphatic rings. The zero-order chi connectivity index (χ0) is 18.5. The first-order chi connectivity index (χ1) is 11.5. The van der Waals surface area contributed by atoms with E-state index >= 15 is 0 Å². The third-order valence-corrected chi connectivity index (χ3v) is 5.87. The van der Waals surface area contributed by atoms with Crippen LogP contribution in [0, 0.1) is 11.6 Å². The van der Waals surface area contributed by atoms with Crippen LogP contribution in [-0.4, -0.2) is 31.7 Å². The van der Waals surface area contributed by atoms with Gasteiger partial charge in [-0.2, -0.15) is 0 Å². The molecular formula is C16H21F2N3O3S. The fraction of sp³-hybridized carbons (Fsp3) is 0.562. The minimum Gasteiger partial charge on any atom is -0.347 e. The molecule has 0 saturated heterocycles.